The summed E-state index contributed by atoms with van der Waals surface area (Å²) >= 11 is 0. The number of aliphatic carboxylic acids is 1. The average Bonchev–Trinajstić information content (AvgIpc) is 3.01. The maximum Gasteiger partial charge on any atom is 0.320 e. The van der Waals surface area contributed by atoms with Crippen LogP contribution in [0.5, 0.6) is 11.5 Å². The predicted octanol–water partition coefficient (Wildman–Crippen LogP) is 2.52. The van der Waals surface area contributed by atoms with E-state index in [-0.39, 0.29) is 40.8 Å². The van der Waals surface area contributed by atoms with Crippen LogP contribution in [0.1, 0.15) is 62.4 Å². The van der Waals surface area contributed by atoms with Crippen LogP contribution < -0.4 is 5.32 Å². The lowest BCUT2D eigenvalue weighted by Crippen LogP contribution is -2.45. The van der Waals surface area contributed by atoms with E-state index >= 15 is 0 Å². The molecule has 2 atom stereocenters. The zero-order valence-corrected chi connectivity index (χ0v) is 16.4. The van der Waals surface area contributed by atoms with E-state index in [2.05, 4.69) is 5.32 Å². The molecule has 1 aromatic rings. The first-order chi connectivity index (χ1) is 12.6. The molecule has 1 fully saturated rings. The lowest BCUT2D eigenvalue weighted by atomic mass is 9.98. The number of carboxylic acids is 1. The molecule has 2 rings (SSSR count). The van der Waals surface area contributed by atoms with Gasteiger partial charge < -0.3 is 20.2 Å². The van der Waals surface area contributed by atoms with Gasteiger partial charge in [-0.25, -0.2) is 0 Å². The largest absolute Gasteiger partial charge is 0.508 e. The molecule has 1 aliphatic heterocycles. The second kappa shape index (κ2) is 8.61. The number of carbonyl (C=O) groups is 2. The maximum atomic E-state index is 12.8. The van der Waals surface area contributed by atoms with Gasteiger partial charge in [-0.3, -0.25) is 14.9 Å². The van der Waals surface area contributed by atoms with Crippen LogP contribution in [0, 0.1) is 5.92 Å². The number of rotatable bonds is 7. The van der Waals surface area contributed by atoms with Crippen LogP contribution in [0.4, 0.5) is 0 Å². The Balaban J connectivity index is 2.09. The summed E-state index contributed by atoms with van der Waals surface area (Å²) in [5, 5.41) is 32.6. The molecule has 0 spiro atoms. The van der Waals surface area contributed by atoms with Gasteiger partial charge in [0.15, 0.2) is 0 Å². The molecular weight excluding hydrogens is 348 g/mol. The Bertz CT molecular complexity index is 702. The number of likely N-dealkylation sites (tertiary alicyclic amines) is 1. The minimum atomic E-state index is -0.883. The van der Waals surface area contributed by atoms with Gasteiger partial charge in [-0.2, -0.15) is 0 Å². The fraction of sp³-hybridized carbons (Fsp3) is 0.600. The number of aromatic hydroxyl groups is 2. The molecule has 27 heavy (non-hydrogen) atoms. The first-order valence-electron chi connectivity index (χ1n) is 9.44. The molecule has 0 radical (unpaired) electrons. The Morgan fingerprint density at radius 3 is 2.41 bits per heavy atom. The van der Waals surface area contributed by atoms with Crippen LogP contribution in [0.25, 0.3) is 0 Å². The Hall–Kier alpha value is -2.28. The average molecular weight is 378 g/mol. The highest BCUT2D eigenvalue weighted by molar-refractivity contribution is 5.97. The normalized spacial score (nSPS) is 18.3. The van der Waals surface area contributed by atoms with Gasteiger partial charge in [0.2, 0.25) is 0 Å². The lowest BCUT2D eigenvalue weighted by molar-refractivity contribution is -0.140. The van der Waals surface area contributed by atoms with Crippen molar-refractivity contribution in [3.8, 4) is 11.5 Å². The van der Waals surface area contributed by atoms with E-state index in [1.807, 2.05) is 27.7 Å². The number of hydrogen-bond acceptors (Lipinski definition) is 5. The van der Waals surface area contributed by atoms with Crippen molar-refractivity contribution >= 4 is 11.9 Å². The molecule has 0 saturated carbocycles. The van der Waals surface area contributed by atoms with Gasteiger partial charge in [0.1, 0.15) is 17.5 Å². The summed E-state index contributed by atoms with van der Waals surface area (Å²) in [6.45, 7) is 8.62. The van der Waals surface area contributed by atoms with E-state index in [0.717, 1.165) is 0 Å². The highest BCUT2D eigenvalue weighted by Gasteiger charge is 2.31. The molecule has 1 unspecified atom stereocenters. The Labute approximate surface area is 160 Å². The Morgan fingerprint density at radius 2 is 1.85 bits per heavy atom. The van der Waals surface area contributed by atoms with Crippen molar-refractivity contribution in [1.82, 2.24) is 10.2 Å². The van der Waals surface area contributed by atoms with Crippen LogP contribution in [-0.2, 0) is 4.79 Å². The van der Waals surface area contributed by atoms with E-state index in [4.69, 9.17) is 0 Å². The summed E-state index contributed by atoms with van der Waals surface area (Å²) in [5.41, 5.74) is 0.766. The molecular formula is C20H30N2O5. The maximum absolute atomic E-state index is 12.8. The van der Waals surface area contributed by atoms with Crippen LogP contribution in [0.15, 0.2) is 12.1 Å². The fourth-order valence-corrected chi connectivity index (χ4v) is 3.47. The number of carbonyl (C=O) groups excluding carboxylic acids is 1. The highest BCUT2D eigenvalue weighted by atomic mass is 16.4. The van der Waals surface area contributed by atoms with E-state index in [0.29, 0.717) is 31.5 Å². The number of carboxylic acid groups (broad SMARTS) is 1. The third-order valence-corrected chi connectivity index (χ3v) is 4.91. The zero-order chi connectivity index (χ0) is 20.3. The summed E-state index contributed by atoms with van der Waals surface area (Å²) < 4.78 is 0. The van der Waals surface area contributed by atoms with Crippen molar-refractivity contribution in [1.29, 1.82) is 0 Å². The van der Waals surface area contributed by atoms with E-state index < -0.39 is 12.0 Å². The minimum absolute atomic E-state index is 0.0116. The Kier molecular flexibility index (Phi) is 6.70. The third-order valence-electron chi connectivity index (χ3n) is 4.91. The number of phenols is 2. The zero-order valence-electron chi connectivity index (χ0n) is 16.4. The molecule has 0 aliphatic carbocycles. The van der Waals surface area contributed by atoms with E-state index in [1.165, 1.54) is 12.1 Å². The molecule has 4 N–H and O–H groups in total. The minimum Gasteiger partial charge on any atom is -0.508 e. The summed E-state index contributed by atoms with van der Waals surface area (Å²) in [5.74, 6) is -1.21. The van der Waals surface area contributed by atoms with Gasteiger partial charge >= 0.3 is 5.97 Å². The second-order valence-corrected chi connectivity index (χ2v) is 8.01. The standard InChI is InChI=1S/C20H30N2O5/c1-11(2)7-16(20(26)27)21-13-5-6-22(10-13)19(25)15-8-14(12(3)4)17(23)9-18(15)24/h8-9,11-13,16,21,23-24H,5-7,10H2,1-4H3,(H,26,27)/t13?,16-/m1/s1. The monoisotopic (exact) mass is 378 g/mol. The van der Waals surface area contributed by atoms with Crippen LogP contribution in [-0.4, -0.2) is 57.3 Å². The summed E-state index contributed by atoms with van der Waals surface area (Å²) in [7, 11) is 0. The summed E-state index contributed by atoms with van der Waals surface area (Å²) in [6, 6.07) is 2.01. The lowest BCUT2D eigenvalue weighted by Gasteiger charge is -2.22. The molecule has 0 aromatic heterocycles. The number of benzene rings is 1. The molecule has 1 heterocycles. The predicted molar refractivity (Wildman–Crippen MR) is 102 cm³/mol. The quantitative estimate of drug-likeness (QED) is 0.580. The van der Waals surface area contributed by atoms with Crippen LogP contribution >= 0.6 is 0 Å². The van der Waals surface area contributed by atoms with Crippen molar-refractivity contribution in [2.24, 2.45) is 5.92 Å². The van der Waals surface area contributed by atoms with Gasteiger partial charge in [0.25, 0.3) is 5.91 Å². The highest BCUT2D eigenvalue weighted by Crippen LogP contribution is 2.33. The molecule has 150 valence electrons. The molecule has 0 bridgehead atoms. The molecule has 7 heteroatoms. The SMILES string of the molecule is CC(C)C[C@@H](NC1CCN(C(=O)c2cc(C(C)C)c(O)cc2O)C1)C(=O)O. The number of hydrogen-bond donors (Lipinski definition) is 4. The smallest absolute Gasteiger partial charge is 0.320 e. The van der Waals surface area contributed by atoms with Crippen molar-refractivity contribution in [3.63, 3.8) is 0 Å². The van der Waals surface area contributed by atoms with Crippen molar-refractivity contribution in [2.45, 2.75) is 58.5 Å². The summed E-state index contributed by atoms with van der Waals surface area (Å²) in [6.07, 6.45) is 1.18. The summed E-state index contributed by atoms with van der Waals surface area (Å²) in [4.78, 5) is 25.9. The van der Waals surface area contributed by atoms with Crippen molar-refractivity contribution in [3.05, 3.63) is 23.3 Å². The number of nitrogens with zero attached hydrogens (tertiary/aromatic N) is 1. The number of amides is 1. The second-order valence-electron chi connectivity index (χ2n) is 8.01. The molecule has 1 aromatic carbocycles. The molecule has 7 nitrogen and oxygen atoms in total. The first kappa shape index (κ1) is 21.0. The van der Waals surface area contributed by atoms with Gasteiger partial charge in [0, 0.05) is 25.2 Å². The third kappa shape index (κ3) is 5.13. The van der Waals surface area contributed by atoms with Crippen molar-refractivity contribution < 1.29 is 24.9 Å². The topological polar surface area (TPSA) is 110 Å². The van der Waals surface area contributed by atoms with Crippen LogP contribution in [0.3, 0.4) is 0 Å². The number of phenolic OH excluding ortho intramolecular Hbond substituents is 2. The van der Waals surface area contributed by atoms with Gasteiger partial charge in [0.05, 0.1) is 5.56 Å². The van der Waals surface area contributed by atoms with Gasteiger partial charge in [-0.05, 0) is 36.3 Å². The van der Waals surface area contributed by atoms with Crippen molar-refractivity contribution in [2.75, 3.05) is 13.1 Å². The van der Waals surface area contributed by atoms with Gasteiger partial charge in [-0.1, -0.05) is 27.7 Å². The molecule has 1 aliphatic rings. The fourth-order valence-electron chi connectivity index (χ4n) is 3.47. The number of nitrogens with one attached hydrogen (secondary N) is 1. The van der Waals surface area contributed by atoms with Crippen LogP contribution in [0.2, 0.25) is 0 Å². The Morgan fingerprint density at radius 1 is 1.19 bits per heavy atom. The van der Waals surface area contributed by atoms with E-state index in [9.17, 15) is 24.9 Å². The van der Waals surface area contributed by atoms with Gasteiger partial charge in [-0.15, -0.1) is 0 Å². The molecule has 1 amide bonds. The molecule has 1 saturated heterocycles. The van der Waals surface area contributed by atoms with E-state index in [1.54, 1.807) is 4.90 Å². The first-order valence-corrected chi connectivity index (χ1v) is 9.44.